The maximum atomic E-state index is 8.89. The summed E-state index contributed by atoms with van der Waals surface area (Å²) in [6.07, 6.45) is 2.64. The average molecular weight is 117 g/mol. The van der Waals surface area contributed by atoms with Crippen molar-refractivity contribution in [2.24, 2.45) is 0 Å². The van der Waals surface area contributed by atoms with Crippen molar-refractivity contribution >= 4 is 5.97 Å². The molecule has 0 aromatic heterocycles. The molecule has 0 N–H and O–H groups in total. The highest BCUT2D eigenvalue weighted by Gasteiger charge is 1.56. The number of rotatable bonds is 1. The molecule has 50 valence electrons. The molecule has 0 aromatic carbocycles. The van der Waals surface area contributed by atoms with Gasteiger partial charge in [-0.1, -0.05) is 26.7 Å². The minimum Gasteiger partial charge on any atom is -0.550 e. The van der Waals surface area contributed by atoms with Gasteiger partial charge < -0.3 is 9.90 Å². The van der Waals surface area contributed by atoms with Crippen molar-refractivity contribution < 1.29 is 9.90 Å². The molecular weight excluding hydrogens is 104 g/mol. The molecule has 2 nitrogen and oxygen atoms in total. The molecule has 0 heterocycles. The summed E-state index contributed by atoms with van der Waals surface area (Å²) in [5, 5.41) is 8.89. The maximum Gasteiger partial charge on any atom is 0.0383 e. The third kappa shape index (κ3) is 495. The third-order valence-electron chi connectivity index (χ3n) is 0.500. The number of carboxylic acids is 1. The molecule has 0 fully saturated rings. The van der Waals surface area contributed by atoms with Crippen LogP contribution in [0.1, 0.15) is 33.6 Å². The molecule has 0 aliphatic carbocycles. The fourth-order valence-electron chi connectivity index (χ4n) is 0. The first kappa shape index (κ1) is 10.5. The number of aliphatic carboxylic acids is 1. The number of hydrogen-bond donors (Lipinski definition) is 0. The molecular formula is C6H13O2-. The Morgan fingerprint density at radius 2 is 1.50 bits per heavy atom. The van der Waals surface area contributed by atoms with E-state index in [1.807, 2.05) is 0 Å². The summed E-state index contributed by atoms with van der Waals surface area (Å²) in [7, 11) is 0. The quantitative estimate of drug-likeness (QED) is 0.503. The Bertz CT molecular complexity index is 44.5. The molecule has 0 spiro atoms. The van der Waals surface area contributed by atoms with Crippen molar-refractivity contribution in [2.45, 2.75) is 33.6 Å². The lowest BCUT2D eigenvalue weighted by molar-refractivity contribution is -0.302. The largest absolute Gasteiger partial charge is 0.550 e. The van der Waals surface area contributed by atoms with Gasteiger partial charge in [-0.25, -0.2) is 0 Å². The number of carbonyl (C=O) groups is 1. The molecule has 0 saturated heterocycles. The number of carboxylic acid groups (broad SMARTS) is 1. The van der Waals surface area contributed by atoms with E-state index in [-0.39, 0.29) is 0 Å². The number of unbranched alkanes of at least 4 members (excludes halogenated alkanes) is 1. The molecule has 0 amide bonds. The van der Waals surface area contributed by atoms with Gasteiger partial charge in [0.05, 0.1) is 0 Å². The fourth-order valence-corrected chi connectivity index (χ4v) is 0. The molecule has 8 heavy (non-hydrogen) atoms. The molecule has 2 heteroatoms. The molecule has 0 aromatic rings. The van der Waals surface area contributed by atoms with Gasteiger partial charge in [-0.05, 0) is 6.92 Å². The van der Waals surface area contributed by atoms with Gasteiger partial charge in [-0.15, -0.1) is 0 Å². The molecule has 0 bridgehead atoms. The second-order valence-corrected chi connectivity index (χ2v) is 1.49. The van der Waals surface area contributed by atoms with Crippen molar-refractivity contribution in [2.75, 3.05) is 0 Å². The van der Waals surface area contributed by atoms with Crippen LogP contribution < -0.4 is 5.11 Å². The van der Waals surface area contributed by atoms with Gasteiger partial charge in [-0.3, -0.25) is 0 Å². The SMILES string of the molecule is CC(=O)[O-].CCCC. The smallest absolute Gasteiger partial charge is 0.0383 e. The van der Waals surface area contributed by atoms with Crippen molar-refractivity contribution in [1.29, 1.82) is 0 Å². The van der Waals surface area contributed by atoms with E-state index in [9.17, 15) is 0 Å². The monoisotopic (exact) mass is 117 g/mol. The Hall–Kier alpha value is -0.530. The van der Waals surface area contributed by atoms with Crippen molar-refractivity contribution in [3.8, 4) is 0 Å². The van der Waals surface area contributed by atoms with Gasteiger partial charge in [0.25, 0.3) is 0 Å². The van der Waals surface area contributed by atoms with Crippen molar-refractivity contribution in [3.63, 3.8) is 0 Å². The van der Waals surface area contributed by atoms with Gasteiger partial charge in [-0.2, -0.15) is 0 Å². The summed E-state index contributed by atoms with van der Waals surface area (Å²) in [6.45, 7) is 5.33. The zero-order chi connectivity index (χ0) is 6.99. The van der Waals surface area contributed by atoms with Gasteiger partial charge in [0.15, 0.2) is 0 Å². The molecule has 0 unspecified atom stereocenters. The molecule has 0 aliphatic heterocycles. The highest BCUT2D eigenvalue weighted by molar-refractivity contribution is 5.60. The minimum absolute atomic E-state index is 0.972. The zero-order valence-electron chi connectivity index (χ0n) is 5.73. The van der Waals surface area contributed by atoms with Crippen LogP contribution in [0.25, 0.3) is 0 Å². The van der Waals surface area contributed by atoms with Crippen molar-refractivity contribution in [3.05, 3.63) is 0 Å². The average Bonchev–Trinajstić information content (AvgIpc) is 1.65. The zero-order valence-corrected chi connectivity index (χ0v) is 5.73. The topological polar surface area (TPSA) is 40.1 Å². The van der Waals surface area contributed by atoms with Gasteiger partial charge >= 0.3 is 0 Å². The highest BCUT2D eigenvalue weighted by Crippen LogP contribution is 1.76. The second kappa shape index (κ2) is 9.69. The van der Waals surface area contributed by atoms with Gasteiger partial charge in [0.2, 0.25) is 0 Å². The minimum atomic E-state index is -1.08. The lowest BCUT2D eigenvalue weighted by atomic mass is 10.4. The van der Waals surface area contributed by atoms with Crippen LogP contribution in [-0.2, 0) is 4.79 Å². The lowest BCUT2D eigenvalue weighted by Crippen LogP contribution is -2.16. The standard InChI is InChI=1S/C4H10.C2H4O2/c1-3-4-2;1-2(3)4/h3-4H2,1-2H3;1H3,(H,3,4)/p-1. The van der Waals surface area contributed by atoms with E-state index in [4.69, 9.17) is 9.90 Å². The second-order valence-electron chi connectivity index (χ2n) is 1.49. The summed E-state index contributed by atoms with van der Waals surface area (Å²) in [4.78, 5) is 8.89. The number of carbonyl (C=O) groups excluding carboxylic acids is 1. The van der Waals surface area contributed by atoms with E-state index < -0.39 is 5.97 Å². The van der Waals surface area contributed by atoms with E-state index in [0.29, 0.717) is 0 Å². The van der Waals surface area contributed by atoms with Crippen LogP contribution in [0, 0.1) is 0 Å². The highest BCUT2D eigenvalue weighted by atomic mass is 16.4. The number of hydrogen-bond acceptors (Lipinski definition) is 2. The van der Waals surface area contributed by atoms with Crippen LogP contribution >= 0.6 is 0 Å². The first-order valence-electron chi connectivity index (χ1n) is 2.82. The Morgan fingerprint density at radius 1 is 1.38 bits per heavy atom. The first-order valence-corrected chi connectivity index (χ1v) is 2.82. The lowest BCUT2D eigenvalue weighted by Gasteiger charge is -1.77. The summed E-state index contributed by atoms with van der Waals surface area (Å²) >= 11 is 0. The van der Waals surface area contributed by atoms with Crippen LogP contribution in [0.5, 0.6) is 0 Å². The van der Waals surface area contributed by atoms with Crippen molar-refractivity contribution in [1.82, 2.24) is 0 Å². The first-order chi connectivity index (χ1) is 3.65. The van der Waals surface area contributed by atoms with E-state index >= 15 is 0 Å². The molecule has 0 radical (unpaired) electrons. The van der Waals surface area contributed by atoms with Crippen LogP contribution in [0.3, 0.4) is 0 Å². The molecule has 0 aliphatic rings. The molecule has 0 saturated carbocycles. The van der Waals surface area contributed by atoms with Gasteiger partial charge in [0.1, 0.15) is 0 Å². The fraction of sp³-hybridized carbons (Fsp3) is 0.833. The predicted molar refractivity (Wildman–Crippen MR) is 31.3 cm³/mol. The predicted octanol–water partition coefficient (Wildman–Crippen LogP) is 0.563. The Balaban J connectivity index is 0. The third-order valence-corrected chi connectivity index (χ3v) is 0.500. The Kier molecular flexibility index (Phi) is 12.7. The van der Waals surface area contributed by atoms with E-state index in [1.165, 1.54) is 12.8 Å². The summed E-state index contributed by atoms with van der Waals surface area (Å²) in [5.74, 6) is -1.08. The van der Waals surface area contributed by atoms with Crippen LogP contribution in [-0.4, -0.2) is 5.97 Å². The Labute approximate surface area is 50.5 Å². The Morgan fingerprint density at radius 3 is 1.50 bits per heavy atom. The van der Waals surface area contributed by atoms with E-state index in [2.05, 4.69) is 13.8 Å². The molecule has 0 rings (SSSR count). The normalized spacial score (nSPS) is 6.88. The van der Waals surface area contributed by atoms with Gasteiger partial charge in [0, 0.05) is 5.97 Å². The summed E-state index contributed by atoms with van der Waals surface area (Å²) < 4.78 is 0. The summed E-state index contributed by atoms with van der Waals surface area (Å²) in [5.41, 5.74) is 0. The summed E-state index contributed by atoms with van der Waals surface area (Å²) in [6, 6.07) is 0. The van der Waals surface area contributed by atoms with Crippen LogP contribution in [0.2, 0.25) is 0 Å². The van der Waals surface area contributed by atoms with Crippen LogP contribution in [0.4, 0.5) is 0 Å². The maximum absolute atomic E-state index is 8.89. The van der Waals surface area contributed by atoms with Crippen LogP contribution in [0.15, 0.2) is 0 Å². The van der Waals surface area contributed by atoms with E-state index in [1.54, 1.807) is 0 Å². The van der Waals surface area contributed by atoms with E-state index in [0.717, 1.165) is 6.92 Å². The molecule has 0 atom stereocenters.